The molecule has 3 aliphatic heterocycles. The number of esters is 1. The van der Waals surface area contributed by atoms with Gasteiger partial charge < -0.3 is 31.5 Å². The van der Waals surface area contributed by atoms with Crippen LogP contribution in [0.3, 0.4) is 0 Å². The van der Waals surface area contributed by atoms with Crippen LogP contribution >= 0.6 is 11.3 Å². The summed E-state index contributed by atoms with van der Waals surface area (Å²) in [5, 5.41) is 19.3. The minimum atomic E-state index is -1.77. The summed E-state index contributed by atoms with van der Waals surface area (Å²) in [7, 11) is 0. The molecule has 6 N–H and O–H groups in total. The average Bonchev–Trinajstić information content (AvgIpc) is 3.87. The number of benzene rings is 5. The molecule has 4 heterocycles. The number of fused-ring (bicyclic) bond motifs is 4. The third-order valence-electron chi connectivity index (χ3n) is 10.9. The van der Waals surface area contributed by atoms with Crippen LogP contribution in [0.1, 0.15) is 46.0 Å². The lowest BCUT2D eigenvalue weighted by atomic mass is 9.65. The molecular formula is C44H34N6O6S. The number of cyclic esters (lactones) is 1. The Morgan fingerprint density at radius 3 is 2.30 bits per heavy atom. The highest BCUT2D eigenvalue weighted by molar-refractivity contribution is 7.22. The number of rotatable bonds is 6. The first kappa shape index (κ1) is 35.7. The number of aromatic hydroxyl groups is 1. The van der Waals surface area contributed by atoms with Gasteiger partial charge in [-0.25, -0.2) is 9.78 Å². The molecule has 6 atom stereocenters. The van der Waals surface area contributed by atoms with Crippen LogP contribution in [-0.2, 0) is 24.5 Å². The van der Waals surface area contributed by atoms with Crippen LogP contribution in [0.25, 0.3) is 10.2 Å². The van der Waals surface area contributed by atoms with Gasteiger partial charge in [0.05, 0.1) is 34.8 Å². The topological polar surface area (TPSA) is 176 Å². The Morgan fingerprint density at radius 1 is 0.877 bits per heavy atom. The van der Waals surface area contributed by atoms with Crippen molar-refractivity contribution in [2.24, 2.45) is 11.7 Å². The van der Waals surface area contributed by atoms with E-state index in [-0.39, 0.29) is 12.3 Å². The predicted molar refractivity (Wildman–Crippen MR) is 214 cm³/mol. The van der Waals surface area contributed by atoms with Crippen molar-refractivity contribution in [2.45, 2.75) is 29.6 Å². The lowest BCUT2D eigenvalue weighted by Gasteiger charge is -2.46. The van der Waals surface area contributed by atoms with Crippen molar-refractivity contribution in [2.75, 3.05) is 17.2 Å². The fourth-order valence-corrected chi connectivity index (χ4v) is 9.58. The van der Waals surface area contributed by atoms with E-state index in [4.69, 9.17) is 10.5 Å². The van der Waals surface area contributed by atoms with Gasteiger partial charge >= 0.3 is 12.0 Å². The number of nitrogens with one attached hydrogen (secondary N) is 3. The summed E-state index contributed by atoms with van der Waals surface area (Å²) in [5.74, 6) is 2.79. The standard InChI is InChI=1S/C44H34N6O6S/c45-42(55)46-23-9-10-25-17-22-31-30(24-25)44(41(54)47-31)34(39(52)49-43-48-32-15-7-8-16-33(32)57-43)36-40(53)56-37(27-13-5-2-6-14-27)35(26-11-3-1-4-12-26)50(36)38(44)28-18-20-29(51)21-19-28/h1-8,11-22,24,34-38,51H,23H2,(H,47,54)(H3,45,46,55)(H,48,49,52)/t34-,35-,36-,37+,38+,44-/m0/s1. The number of morpholine rings is 1. The Bertz CT molecular complexity index is 2590. The number of phenols is 1. The average molecular weight is 775 g/mol. The second kappa shape index (κ2) is 14.2. The van der Waals surface area contributed by atoms with Gasteiger partial charge in [0.1, 0.15) is 23.3 Å². The second-order valence-electron chi connectivity index (χ2n) is 14.1. The van der Waals surface area contributed by atoms with E-state index in [1.54, 1.807) is 30.3 Å². The van der Waals surface area contributed by atoms with Gasteiger partial charge in [-0.15, -0.1) is 0 Å². The van der Waals surface area contributed by atoms with E-state index in [1.165, 1.54) is 23.5 Å². The van der Waals surface area contributed by atoms with Crippen LogP contribution in [0.15, 0.2) is 127 Å². The van der Waals surface area contributed by atoms with E-state index in [1.807, 2.05) is 89.8 Å². The number of carbonyl (C=O) groups is 4. The number of urea groups is 1. The van der Waals surface area contributed by atoms with E-state index in [2.05, 4.69) is 32.8 Å². The smallest absolute Gasteiger partial charge is 0.324 e. The Kier molecular flexibility index (Phi) is 8.92. The number of thiazole rings is 1. The van der Waals surface area contributed by atoms with Crippen molar-refractivity contribution >= 4 is 56.2 Å². The van der Waals surface area contributed by atoms with Gasteiger partial charge in [-0.1, -0.05) is 108 Å². The van der Waals surface area contributed by atoms with E-state index in [0.717, 1.165) is 15.8 Å². The molecule has 5 aromatic carbocycles. The lowest BCUT2D eigenvalue weighted by molar-refractivity contribution is -0.177. The summed E-state index contributed by atoms with van der Waals surface area (Å²) < 4.78 is 7.31. The van der Waals surface area contributed by atoms with Gasteiger partial charge in [-0.05, 0) is 64.7 Å². The number of nitrogens with two attached hydrogens (primary N) is 1. The number of primary amides is 1. The fraction of sp³-hybridized carbons (Fsp3) is 0.159. The molecule has 2 fully saturated rings. The summed E-state index contributed by atoms with van der Waals surface area (Å²) >= 11 is 1.28. The Labute approximate surface area is 330 Å². The normalized spacial score (nSPS) is 23.5. The van der Waals surface area contributed by atoms with Crippen molar-refractivity contribution in [3.8, 4) is 17.6 Å². The highest BCUT2D eigenvalue weighted by Crippen LogP contribution is 2.65. The maximum Gasteiger partial charge on any atom is 0.324 e. The van der Waals surface area contributed by atoms with Crippen LogP contribution in [-0.4, -0.2) is 51.4 Å². The third-order valence-corrected chi connectivity index (χ3v) is 11.9. The minimum absolute atomic E-state index is 0.00528. The van der Waals surface area contributed by atoms with Crippen LogP contribution in [0.5, 0.6) is 5.75 Å². The number of aromatic nitrogens is 1. The maximum atomic E-state index is 15.3. The highest BCUT2D eigenvalue weighted by Gasteiger charge is 2.74. The molecule has 9 rings (SSSR count). The summed E-state index contributed by atoms with van der Waals surface area (Å²) in [6, 6.07) is 34.5. The zero-order chi connectivity index (χ0) is 39.3. The molecule has 1 spiro atoms. The minimum Gasteiger partial charge on any atom is -0.508 e. The molecule has 0 radical (unpaired) electrons. The van der Waals surface area contributed by atoms with Crippen LogP contribution in [0, 0.1) is 17.8 Å². The quantitative estimate of drug-likeness (QED) is 0.102. The van der Waals surface area contributed by atoms with E-state index < -0.39 is 59.4 Å². The zero-order valence-electron chi connectivity index (χ0n) is 30.1. The van der Waals surface area contributed by atoms with E-state index in [0.29, 0.717) is 33.0 Å². The summed E-state index contributed by atoms with van der Waals surface area (Å²) in [5.41, 5.74) is 7.69. The Hall–Kier alpha value is -7.01. The van der Waals surface area contributed by atoms with Crippen LogP contribution < -0.4 is 21.7 Å². The molecule has 282 valence electrons. The molecule has 0 bridgehead atoms. The van der Waals surface area contributed by atoms with Crippen LogP contribution in [0.2, 0.25) is 0 Å². The number of anilines is 2. The second-order valence-corrected chi connectivity index (χ2v) is 15.1. The van der Waals surface area contributed by atoms with Gasteiger partial charge in [0.15, 0.2) is 5.13 Å². The van der Waals surface area contributed by atoms with Crippen molar-refractivity contribution in [1.82, 2.24) is 15.2 Å². The largest absolute Gasteiger partial charge is 0.508 e. The number of hydrogen-bond donors (Lipinski definition) is 5. The molecule has 6 aromatic rings. The molecule has 0 unspecified atom stereocenters. The van der Waals surface area contributed by atoms with Crippen molar-refractivity contribution in [1.29, 1.82) is 0 Å². The molecule has 4 amide bonds. The Morgan fingerprint density at radius 2 is 1.58 bits per heavy atom. The monoisotopic (exact) mass is 774 g/mol. The van der Waals surface area contributed by atoms with Gasteiger partial charge in [0.2, 0.25) is 11.8 Å². The first-order valence-corrected chi connectivity index (χ1v) is 19.1. The number of phenolic OH excluding ortho intramolecular Hbond substituents is 1. The van der Waals surface area contributed by atoms with E-state index >= 15 is 9.59 Å². The molecular weight excluding hydrogens is 741 g/mol. The molecule has 2 saturated heterocycles. The number of ether oxygens (including phenoxy) is 1. The van der Waals surface area contributed by atoms with Crippen molar-refractivity contribution < 1.29 is 29.0 Å². The highest BCUT2D eigenvalue weighted by atomic mass is 32.1. The molecule has 57 heavy (non-hydrogen) atoms. The van der Waals surface area contributed by atoms with Gasteiger partial charge in [-0.3, -0.25) is 19.3 Å². The third kappa shape index (κ3) is 6.03. The van der Waals surface area contributed by atoms with Crippen molar-refractivity contribution in [3.05, 3.63) is 155 Å². The summed E-state index contributed by atoms with van der Waals surface area (Å²) in [6.07, 6.45) is -0.834. The molecule has 0 aliphatic carbocycles. The molecule has 1 aromatic heterocycles. The first-order valence-electron chi connectivity index (χ1n) is 18.3. The van der Waals surface area contributed by atoms with Crippen molar-refractivity contribution in [3.63, 3.8) is 0 Å². The molecule has 13 heteroatoms. The zero-order valence-corrected chi connectivity index (χ0v) is 30.9. The first-order chi connectivity index (χ1) is 27.7. The molecule has 3 aliphatic rings. The number of hydrogen-bond acceptors (Lipinski definition) is 9. The summed E-state index contributed by atoms with van der Waals surface area (Å²) in [6.45, 7) is -0.0145. The summed E-state index contributed by atoms with van der Waals surface area (Å²) in [4.78, 5) is 63.5. The SMILES string of the molecule is NC(=O)NCC#Cc1ccc2c(c1)[C@]1(C(=O)N2)[C@H](C(=O)Nc2nc3ccccc3s2)[C@H]2C(=O)O[C@H](c3ccccc3)[C@H](c3ccccc3)N2[C@@H]1c1ccc(O)cc1. The fourth-order valence-electron chi connectivity index (χ4n) is 8.71. The Balaban J connectivity index is 1.31. The van der Waals surface area contributed by atoms with Gasteiger partial charge in [0, 0.05) is 11.3 Å². The maximum absolute atomic E-state index is 15.3. The lowest BCUT2D eigenvalue weighted by Crippen LogP contribution is -2.53. The number of carbonyl (C=O) groups excluding carboxylic acids is 4. The van der Waals surface area contributed by atoms with Gasteiger partial charge in [-0.2, -0.15) is 0 Å². The van der Waals surface area contributed by atoms with Gasteiger partial charge in [0.25, 0.3) is 0 Å². The van der Waals surface area contributed by atoms with Crippen LogP contribution in [0.4, 0.5) is 15.6 Å². The number of nitrogens with zero attached hydrogens (tertiary/aromatic N) is 2. The number of amides is 4. The predicted octanol–water partition coefficient (Wildman–Crippen LogP) is 5.93. The van der Waals surface area contributed by atoms with E-state index in [9.17, 15) is 14.7 Å². The number of para-hydroxylation sites is 1. The molecule has 12 nitrogen and oxygen atoms in total. The molecule has 0 saturated carbocycles.